The number of anilines is 1. The third-order valence-corrected chi connectivity index (χ3v) is 3.13. The smallest absolute Gasteiger partial charge is 0.272 e. The molecule has 0 unspecified atom stereocenters. The number of nitrogens with zero attached hydrogens (tertiary/aromatic N) is 1. The molecule has 7 heteroatoms. The Bertz CT molecular complexity index is 665. The molecule has 0 spiro atoms. The second-order valence-corrected chi connectivity index (χ2v) is 4.90. The standard InChI is InChI=1S/C13H9Cl2FN2O2/c14-9-1-2-12(15)13(5-9)17-7-8-3-10(16)6-11(4-8)18(19)20/h1-6,17H,7H2. The third-order valence-electron chi connectivity index (χ3n) is 2.56. The topological polar surface area (TPSA) is 55.2 Å². The predicted molar refractivity (Wildman–Crippen MR) is 76.8 cm³/mol. The molecule has 1 N–H and O–H groups in total. The van der Waals surface area contributed by atoms with Crippen molar-refractivity contribution in [3.05, 3.63) is 67.9 Å². The second-order valence-electron chi connectivity index (χ2n) is 4.05. The molecule has 0 saturated carbocycles. The van der Waals surface area contributed by atoms with E-state index in [1.807, 2.05) is 0 Å². The highest BCUT2D eigenvalue weighted by molar-refractivity contribution is 6.35. The summed E-state index contributed by atoms with van der Waals surface area (Å²) in [5.41, 5.74) is 0.720. The number of non-ortho nitro benzene ring substituents is 1. The maximum atomic E-state index is 13.3. The summed E-state index contributed by atoms with van der Waals surface area (Å²) in [7, 11) is 0. The second kappa shape index (κ2) is 6.07. The van der Waals surface area contributed by atoms with Gasteiger partial charge in [0.25, 0.3) is 5.69 Å². The number of nitrogens with one attached hydrogen (secondary N) is 1. The van der Waals surface area contributed by atoms with E-state index in [0.717, 1.165) is 6.07 Å². The summed E-state index contributed by atoms with van der Waals surface area (Å²) in [6.07, 6.45) is 0. The molecule has 0 bridgehead atoms. The molecule has 104 valence electrons. The van der Waals surface area contributed by atoms with Gasteiger partial charge in [0.2, 0.25) is 0 Å². The zero-order chi connectivity index (χ0) is 14.7. The maximum Gasteiger partial charge on any atom is 0.272 e. The minimum atomic E-state index is -0.659. The van der Waals surface area contributed by atoms with Crippen LogP contribution in [0.1, 0.15) is 5.56 Å². The van der Waals surface area contributed by atoms with Crippen molar-refractivity contribution in [1.29, 1.82) is 0 Å². The van der Waals surface area contributed by atoms with Crippen molar-refractivity contribution in [1.82, 2.24) is 0 Å². The molecule has 0 aliphatic carbocycles. The quantitative estimate of drug-likeness (QED) is 0.660. The van der Waals surface area contributed by atoms with Gasteiger partial charge in [-0.2, -0.15) is 0 Å². The van der Waals surface area contributed by atoms with Gasteiger partial charge < -0.3 is 5.32 Å². The molecular formula is C13H9Cl2FN2O2. The van der Waals surface area contributed by atoms with Gasteiger partial charge in [-0.3, -0.25) is 10.1 Å². The number of nitro groups is 1. The first kappa shape index (κ1) is 14.6. The van der Waals surface area contributed by atoms with E-state index < -0.39 is 10.7 Å². The highest BCUT2D eigenvalue weighted by atomic mass is 35.5. The predicted octanol–water partition coefficient (Wildman–Crippen LogP) is 4.65. The molecule has 0 aliphatic rings. The first-order chi connectivity index (χ1) is 9.45. The Morgan fingerprint density at radius 2 is 1.95 bits per heavy atom. The number of halogens is 3. The van der Waals surface area contributed by atoms with Gasteiger partial charge in [0, 0.05) is 17.6 Å². The molecule has 2 rings (SSSR count). The monoisotopic (exact) mass is 314 g/mol. The fourth-order valence-corrected chi connectivity index (χ4v) is 2.03. The Morgan fingerprint density at radius 3 is 2.65 bits per heavy atom. The molecule has 4 nitrogen and oxygen atoms in total. The number of rotatable bonds is 4. The van der Waals surface area contributed by atoms with Crippen LogP contribution in [0.4, 0.5) is 15.8 Å². The van der Waals surface area contributed by atoms with Crippen molar-refractivity contribution in [2.45, 2.75) is 6.54 Å². The zero-order valence-electron chi connectivity index (χ0n) is 10.1. The SMILES string of the molecule is O=[N+]([O-])c1cc(F)cc(CNc2cc(Cl)ccc2Cl)c1. The van der Waals surface area contributed by atoms with Gasteiger partial charge in [0.15, 0.2) is 0 Å². The lowest BCUT2D eigenvalue weighted by atomic mass is 10.2. The van der Waals surface area contributed by atoms with Gasteiger partial charge in [0.1, 0.15) is 5.82 Å². The average Bonchev–Trinajstić information content (AvgIpc) is 2.39. The number of hydrogen-bond acceptors (Lipinski definition) is 3. The van der Waals surface area contributed by atoms with Crippen LogP contribution in [0, 0.1) is 15.9 Å². The molecule has 0 fully saturated rings. The zero-order valence-corrected chi connectivity index (χ0v) is 11.6. The first-order valence-corrected chi connectivity index (χ1v) is 6.34. The lowest BCUT2D eigenvalue weighted by Crippen LogP contribution is -2.01. The first-order valence-electron chi connectivity index (χ1n) is 5.58. The molecule has 2 aromatic rings. The van der Waals surface area contributed by atoms with E-state index in [4.69, 9.17) is 23.2 Å². The highest BCUT2D eigenvalue weighted by Crippen LogP contribution is 2.26. The van der Waals surface area contributed by atoms with Gasteiger partial charge in [0.05, 0.1) is 21.7 Å². The molecule has 0 aromatic heterocycles. The number of hydrogen-bond donors (Lipinski definition) is 1. The summed E-state index contributed by atoms with van der Waals surface area (Å²) in [6, 6.07) is 8.28. The van der Waals surface area contributed by atoms with E-state index in [1.54, 1.807) is 18.2 Å². The summed E-state index contributed by atoms with van der Waals surface area (Å²) >= 11 is 11.8. The average molecular weight is 315 g/mol. The lowest BCUT2D eigenvalue weighted by molar-refractivity contribution is -0.385. The normalized spacial score (nSPS) is 10.3. The van der Waals surface area contributed by atoms with Crippen LogP contribution < -0.4 is 5.32 Å². The van der Waals surface area contributed by atoms with Gasteiger partial charge in [-0.15, -0.1) is 0 Å². The Balaban J connectivity index is 2.18. The van der Waals surface area contributed by atoms with Crippen molar-refractivity contribution in [2.75, 3.05) is 5.32 Å². The Morgan fingerprint density at radius 1 is 1.20 bits per heavy atom. The summed E-state index contributed by atoms with van der Waals surface area (Å²) in [4.78, 5) is 10.0. The van der Waals surface area contributed by atoms with Crippen LogP contribution in [-0.4, -0.2) is 4.92 Å². The van der Waals surface area contributed by atoms with E-state index >= 15 is 0 Å². The molecule has 0 saturated heterocycles. The van der Waals surface area contributed by atoms with E-state index in [9.17, 15) is 14.5 Å². The largest absolute Gasteiger partial charge is 0.380 e. The van der Waals surface area contributed by atoms with Crippen LogP contribution in [0.2, 0.25) is 10.0 Å². The van der Waals surface area contributed by atoms with Gasteiger partial charge >= 0.3 is 0 Å². The van der Waals surface area contributed by atoms with Gasteiger partial charge in [-0.05, 0) is 29.8 Å². The Labute approximate surface area is 124 Å². The molecule has 0 atom stereocenters. The van der Waals surface area contributed by atoms with Crippen molar-refractivity contribution in [3.63, 3.8) is 0 Å². The maximum absolute atomic E-state index is 13.3. The van der Waals surface area contributed by atoms with Crippen LogP contribution in [0.15, 0.2) is 36.4 Å². The molecule has 2 aromatic carbocycles. The lowest BCUT2D eigenvalue weighted by Gasteiger charge is -2.09. The van der Waals surface area contributed by atoms with E-state index in [0.29, 0.717) is 21.3 Å². The molecule has 0 aliphatic heterocycles. The van der Waals surface area contributed by atoms with Crippen molar-refractivity contribution < 1.29 is 9.31 Å². The summed E-state index contributed by atoms with van der Waals surface area (Å²) in [5.74, 6) is -0.659. The van der Waals surface area contributed by atoms with Crippen LogP contribution >= 0.6 is 23.2 Å². The molecular weight excluding hydrogens is 306 g/mol. The van der Waals surface area contributed by atoms with E-state index in [2.05, 4.69) is 5.32 Å². The van der Waals surface area contributed by atoms with E-state index in [1.165, 1.54) is 12.1 Å². The summed E-state index contributed by atoms with van der Waals surface area (Å²) in [5, 5.41) is 14.6. The van der Waals surface area contributed by atoms with Gasteiger partial charge in [-0.1, -0.05) is 23.2 Å². The number of benzene rings is 2. The fraction of sp³-hybridized carbons (Fsp3) is 0.0769. The van der Waals surface area contributed by atoms with Crippen LogP contribution in [0.25, 0.3) is 0 Å². The molecule has 0 amide bonds. The van der Waals surface area contributed by atoms with Gasteiger partial charge in [-0.25, -0.2) is 4.39 Å². The molecule has 0 heterocycles. The summed E-state index contributed by atoms with van der Waals surface area (Å²) < 4.78 is 13.3. The molecule has 20 heavy (non-hydrogen) atoms. The van der Waals surface area contributed by atoms with Crippen LogP contribution in [-0.2, 0) is 6.54 Å². The summed E-state index contributed by atoms with van der Waals surface area (Å²) in [6.45, 7) is 0.193. The van der Waals surface area contributed by atoms with Crippen molar-refractivity contribution in [3.8, 4) is 0 Å². The minimum absolute atomic E-state index is 0.193. The highest BCUT2D eigenvalue weighted by Gasteiger charge is 2.10. The molecule has 0 radical (unpaired) electrons. The van der Waals surface area contributed by atoms with Crippen LogP contribution in [0.3, 0.4) is 0 Å². The fourth-order valence-electron chi connectivity index (χ4n) is 1.67. The van der Waals surface area contributed by atoms with Crippen LogP contribution in [0.5, 0.6) is 0 Å². The Kier molecular flexibility index (Phi) is 4.42. The van der Waals surface area contributed by atoms with E-state index in [-0.39, 0.29) is 12.2 Å². The number of nitro benzene ring substituents is 1. The third kappa shape index (κ3) is 3.59. The van der Waals surface area contributed by atoms with Crippen molar-refractivity contribution in [2.24, 2.45) is 0 Å². The minimum Gasteiger partial charge on any atom is -0.380 e. The van der Waals surface area contributed by atoms with Crippen molar-refractivity contribution >= 4 is 34.6 Å². The Hall–Kier alpha value is -1.85.